The molecule has 1 saturated heterocycles. The summed E-state index contributed by atoms with van der Waals surface area (Å²) in [5, 5.41) is 6.83. The van der Waals surface area contributed by atoms with Crippen LogP contribution in [-0.2, 0) is 6.54 Å². The van der Waals surface area contributed by atoms with E-state index in [0.717, 1.165) is 31.9 Å². The molecule has 0 bridgehead atoms. The topological polar surface area (TPSA) is 89.0 Å². The lowest BCUT2D eigenvalue weighted by Gasteiger charge is -2.37. The number of rotatable bonds is 6. The normalized spacial score (nSPS) is 25.4. The molecule has 1 aromatic carbocycles. The highest BCUT2D eigenvalue weighted by Gasteiger charge is 2.44. The maximum Gasteiger partial charge on any atom is 0.0541 e. The van der Waals surface area contributed by atoms with Crippen LogP contribution in [0.1, 0.15) is 17.2 Å². The van der Waals surface area contributed by atoms with Crippen LogP contribution in [0, 0.1) is 0 Å². The maximum atomic E-state index is 6.72. The van der Waals surface area contributed by atoms with Crippen LogP contribution in [0.15, 0.2) is 54.7 Å². The first-order valence-corrected chi connectivity index (χ1v) is 8.11. The van der Waals surface area contributed by atoms with Crippen molar-refractivity contribution >= 4 is 0 Å². The van der Waals surface area contributed by atoms with E-state index in [2.05, 4.69) is 39.9 Å². The van der Waals surface area contributed by atoms with Crippen LogP contribution >= 0.6 is 0 Å². The zero-order chi connectivity index (χ0) is 16.1. The van der Waals surface area contributed by atoms with Gasteiger partial charge in [-0.1, -0.05) is 36.4 Å². The summed E-state index contributed by atoms with van der Waals surface area (Å²) >= 11 is 0. The molecule has 0 spiro atoms. The molecule has 3 rings (SSSR count). The Kier molecular flexibility index (Phi) is 5.03. The van der Waals surface area contributed by atoms with Crippen LogP contribution in [0.5, 0.6) is 0 Å². The van der Waals surface area contributed by atoms with Crippen LogP contribution < -0.4 is 22.1 Å². The minimum absolute atomic E-state index is 0.0515. The zero-order valence-electron chi connectivity index (χ0n) is 13.3. The van der Waals surface area contributed by atoms with Crippen LogP contribution in [0.2, 0.25) is 0 Å². The summed E-state index contributed by atoms with van der Waals surface area (Å²) in [6, 6.07) is 16.3. The minimum atomic E-state index is -0.446. The number of pyridine rings is 1. The van der Waals surface area contributed by atoms with Gasteiger partial charge in [-0.15, -0.1) is 0 Å². The molecule has 1 aliphatic rings. The third-order valence-electron chi connectivity index (χ3n) is 4.72. The number of aromatic nitrogens is 1. The largest absolute Gasteiger partial charge is 0.325 e. The Balaban J connectivity index is 1.73. The van der Waals surface area contributed by atoms with Crippen molar-refractivity contribution in [3.05, 3.63) is 66.0 Å². The van der Waals surface area contributed by atoms with Gasteiger partial charge in [0.1, 0.15) is 0 Å². The number of benzene rings is 1. The van der Waals surface area contributed by atoms with E-state index in [9.17, 15) is 0 Å². The van der Waals surface area contributed by atoms with E-state index in [4.69, 9.17) is 11.5 Å². The highest BCUT2D eigenvalue weighted by Crippen LogP contribution is 2.30. The number of hydrogen-bond acceptors (Lipinski definition) is 5. The molecule has 2 heterocycles. The van der Waals surface area contributed by atoms with Crippen molar-refractivity contribution in [2.75, 3.05) is 19.6 Å². The summed E-state index contributed by atoms with van der Waals surface area (Å²) < 4.78 is 0. The third kappa shape index (κ3) is 3.59. The van der Waals surface area contributed by atoms with Gasteiger partial charge >= 0.3 is 0 Å². The summed E-state index contributed by atoms with van der Waals surface area (Å²) in [6.07, 6.45) is 1.81. The van der Waals surface area contributed by atoms with Crippen molar-refractivity contribution in [1.29, 1.82) is 0 Å². The van der Waals surface area contributed by atoms with Gasteiger partial charge in [-0.25, -0.2) is 0 Å². The lowest BCUT2D eigenvalue weighted by atomic mass is 9.76. The molecule has 23 heavy (non-hydrogen) atoms. The molecule has 0 radical (unpaired) electrons. The predicted molar refractivity (Wildman–Crippen MR) is 92.9 cm³/mol. The van der Waals surface area contributed by atoms with E-state index in [-0.39, 0.29) is 12.0 Å². The Labute approximate surface area is 137 Å². The molecular weight excluding hydrogens is 286 g/mol. The molecule has 1 fully saturated rings. The van der Waals surface area contributed by atoms with Gasteiger partial charge in [0, 0.05) is 44.3 Å². The molecule has 2 aromatic rings. The number of nitrogens with two attached hydrogens (primary N) is 2. The predicted octanol–water partition coefficient (Wildman–Crippen LogP) is 0.583. The van der Waals surface area contributed by atoms with Crippen LogP contribution in [0.25, 0.3) is 0 Å². The first kappa shape index (κ1) is 16.1. The van der Waals surface area contributed by atoms with Crippen LogP contribution in [-0.4, -0.2) is 36.2 Å². The summed E-state index contributed by atoms with van der Waals surface area (Å²) in [6.45, 7) is 2.99. The Bertz CT molecular complexity index is 603. The van der Waals surface area contributed by atoms with Gasteiger partial charge in [0.2, 0.25) is 0 Å². The number of hydrogen-bond donors (Lipinski definition) is 4. The summed E-state index contributed by atoms with van der Waals surface area (Å²) in [5.41, 5.74) is 14.8. The molecular formula is C18H25N5. The van der Waals surface area contributed by atoms with Gasteiger partial charge in [0.05, 0.1) is 11.2 Å². The van der Waals surface area contributed by atoms with Crippen molar-refractivity contribution in [2.45, 2.75) is 24.0 Å². The Morgan fingerprint density at radius 2 is 2.00 bits per heavy atom. The molecule has 0 aliphatic carbocycles. The van der Waals surface area contributed by atoms with Crippen molar-refractivity contribution < 1.29 is 0 Å². The molecule has 5 nitrogen and oxygen atoms in total. The molecule has 0 amide bonds. The first-order valence-electron chi connectivity index (χ1n) is 8.11. The van der Waals surface area contributed by atoms with Gasteiger partial charge in [-0.05, 0) is 17.7 Å². The monoisotopic (exact) mass is 311 g/mol. The van der Waals surface area contributed by atoms with Crippen LogP contribution in [0.3, 0.4) is 0 Å². The van der Waals surface area contributed by atoms with Gasteiger partial charge in [-0.2, -0.15) is 0 Å². The fourth-order valence-corrected chi connectivity index (χ4v) is 3.30. The fraction of sp³-hybridized carbons (Fsp3) is 0.389. The minimum Gasteiger partial charge on any atom is -0.325 e. The average molecular weight is 311 g/mol. The van der Waals surface area contributed by atoms with Crippen molar-refractivity contribution in [1.82, 2.24) is 15.6 Å². The van der Waals surface area contributed by atoms with Gasteiger partial charge in [0.15, 0.2) is 0 Å². The SMILES string of the molecule is NC1CNCC1(N)C(CNCc1ccccn1)c1ccccc1. The van der Waals surface area contributed by atoms with E-state index in [0.29, 0.717) is 0 Å². The van der Waals surface area contributed by atoms with Crippen molar-refractivity contribution in [3.63, 3.8) is 0 Å². The summed E-state index contributed by atoms with van der Waals surface area (Å²) in [7, 11) is 0. The highest BCUT2D eigenvalue weighted by molar-refractivity contribution is 5.28. The number of nitrogens with one attached hydrogen (secondary N) is 2. The molecule has 1 aromatic heterocycles. The molecule has 122 valence electrons. The molecule has 1 aliphatic heterocycles. The highest BCUT2D eigenvalue weighted by atomic mass is 15.1. The second kappa shape index (κ2) is 7.19. The second-order valence-electron chi connectivity index (χ2n) is 6.27. The fourth-order valence-electron chi connectivity index (χ4n) is 3.30. The van der Waals surface area contributed by atoms with Gasteiger partial charge < -0.3 is 22.1 Å². The molecule has 3 atom stereocenters. The quantitative estimate of drug-likeness (QED) is 0.627. The van der Waals surface area contributed by atoms with E-state index in [1.54, 1.807) is 0 Å². The molecule has 6 N–H and O–H groups in total. The Morgan fingerprint density at radius 1 is 1.22 bits per heavy atom. The first-order chi connectivity index (χ1) is 11.2. The van der Waals surface area contributed by atoms with Gasteiger partial charge in [-0.3, -0.25) is 4.98 Å². The zero-order valence-corrected chi connectivity index (χ0v) is 13.3. The summed E-state index contributed by atoms with van der Waals surface area (Å²) in [5.74, 6) is 0.150. The summed E-state index contributed by atoms with van der Waals surface area (Å²) in [4.78, 5) is 4.35. The number of nitrogens with zero attached hydrogens (tertiary/aromatic N) is 1. The third-order valence-corrected chi connectivity index (χ3v) is 4.72. The van der Waals surface area contributed by atoms with E-state index < -0.39 is 5.54 Å². The molecule has 5 heteroatoms. The Hall–Kier alpha value is -1.79. The van der Waals surface area contributed by atoms with Gasteiger partial charge in [0.25, 0.3) is 0 Å². The standard InChI is InChI=1S/C18H25N5/c19-17-12-22-13-18(17,20)16(14-6-2-1-3-7-14)11-21-10-15-8-4-5-9-23-15/h1-9,16-17,21-22H,10-13,19-20H2. The smallest absolute Gasteiger partial charge is 0.0541 e. The Morgan fingerprint density at radius 3 is 2.65 bits per heavy atom. The van der Waals surface area contributed by atoms with E-state index in [1.807, 2.05) is 30.5 Å². The van der Waals surface area contributed by atoms with E-state index >= 15 is 0 Å². The second-order valence-corrected chi connectivity index (χ2v) is 6.27. The lowest BCUT2D eigenvalue weighted by Crippen LogP contribution is -2.60. The lowest BCUT2D eigenvalue weighted by molar-refractivity contribution is 0.327. The van der Waals surface area contributed by atoms with Crippen molar-refractivity contribution in [3.8, 4) is 0 Å². The van der Waals surface area contributed by atoms with Crippen LogP contribution in [0.4, 0.5) is 0 Å². The average Bonchev–Trinajstić information content (AvgIpc) is 2.93. The maximum absolute atomic E-state index is 6.72. The van der Waals surface area contributed by atoms with Crippen molar-refractivity contribution in [2.24, 2.45) is 11.5 Å². The van der Waals surface area contributed by atoms with E-state index in [1.165, 1.54) is 5.56 Å². The molecule has 0 saturated carbocycles. The molecule has 3 unspecified atom stereocenters.